The highest BCUT2D eigenvalue weighted by molar-refractivity contribution is 5.75. The maximum atomic E-state index is 12.8. The van der Waals surface area contributed by atoms with Gasteiger partial charge >= 0.3 is 0 Å². The molecule has 0 spiro atoms. The van der Waals surface area contributed by atoms with Crippen molar-refractivity contribution in [3.8, 4) is 0 Å². The van der Waals surface area contributed by atoms with Crippen LogP contribution >= 0.6 is 0 Å². The summed E-state index contributed by atoms with van der Waals surface area (Å²) in [7, 11) is 0. The first-order valence-electron chi connectivity index (χ1n) is 7.38. The maximum Gasteiger partial charge on any atom is 0.226 e. The Balaban J connectivity index is 1.68. The average molecular weight is 305 g/mol. The van der Waals surface area contributed by atoms with Crippen molar-refractivity contribution in [1.82, 2.24) is 15.5 Å². The van der Waals surface area contributed by atoms with Crippen LogP contribution in [0.4, 0.5) is 4.39 Å². The van der Waals surface area contributed by atoms with Gasteiger partial charge in [0.2, 0.25) is 11.8 Å². The van der Waals surface area contributed by atoms with E-state index in [-0.39, 0.29) is 17.6 Å². The fourth-order valence-electron chi connectivity index (χ4n) is 1.90. The molecule has 0 fully saturated rings. The standard InChI is InChI=1S/C16H20FN3O2/c1-11(2)16-19-15(22-20-16)5-3-4-14(21)18-10-12-6-8-13(17)9-7-12/h6-9,11H,3-5,10H2,1-2H3,(H,18,21). The van der Waals surface area contributed by atoms with Crippen LogP contribution in [0.5, 0.6) is 0 Å². The number of amides is 1. The number of benzene rings is 1. The smallest absolute Gasteiger partial charge is 0.226 e. The van der Waals surface area contributed by atoms with Crippen LogP contribution in [0.15, 0.2) is 28.8 Å². The first-order chi connectivity index (χ1) is 10.5. The first kappa shape index (κ1) is 16.1. The summed E-state index contributed by atoms with van der Waals surface area (Å²) >= 11 is 0. The van der Waals surface area contributed by atoms with Gasteiger partial charge in [0, 0.05) is 25.3 Å². The fraction of sp³-hybridized carbons (Fsp3) is 0.438. The topological polar surface area (TPSA) is 68.0 Å². The second-order valence-electron chi connectivity index (χ2n) is 5.46. The highest BCUT2D eigenvalue weighted by Crippen LogP contribution is 2.11. The molecule has 1 amide bonds. The van der Waals surface area contributed by atoms with E-state index in [1.54, 1.807) is 12.1 Å². The number of carbonyl (C=O) groups is 1. The van der Waals surface area contributed by atoms with Gasteiger partial charge in [-0.25, -0.2) is 4.39 Å². The van der Waals surface area contributed by atoms with E-state index in [0.717, 1.165) is 5.56 Å². The average Bonchev–Trinajstić information content (AvgIpc) is 2.96. The van der Waals surface area contributed by atoms with Crippen LogP contribution < -0.4 is 5.32 Å². The van der Waals surface area contributed by atoms with Gasteiger partial charge in [-0.1, -0.05) is 31.1 Å². The minimum Gasteiger partial charge on any atom is -0.352 e. The number of hydrogen-bond donors (Lipinski definition) is 1. The van der Waals surface area contributed by atoms with Gasteiger partial charge in [-0.3, -0.25) is 4.79 Å². The van der Waals surface area contributed by atoms with E-state index in [4.69, 9.17) is 4.52 Å². The largest absolute Gasteiger partial charge is 0.352 e. The molecule has 2 aromatic rings. The summed E-state index contributed by atoms with van der Waals surface area (Å²) in [5.74, 6) is 1.16. The van der Waals surface area contributed by atoms with Gasteiger partial charge in [-0.05, 0) is 24.1 Å². The number of rotatable bonds is 7. The van der Waals surface area contributed by atoms with Gasteiger partial charge in [0.25, 0.3) is 0 Å². The second kappa shape index (κ2) is 7.68. The van der Waals surface area contributed by atoms with Crippen LogP contribution in [0.1, 0.15) is 49.9 Å². The molecular formula is C16H20FN3O2. The summed E-state index contributed by atoms with van der Waals surface area (Å²) in [5.41, 5.74) is 0.869. The molecule has 1 aromatic carbocycles. The molecule has 1 N–H and O–H groups in total. The quantitative estimate of drug-likeness (QED) is 0.854. The maximum absolute atomic E-state index is 12.8. The Morgan fingerprint density at radius 3 is 2.68 bits per heavy atom. The Morgan fingerprint density at radius 2 is 2.05 bits per heavy atom. The Morgan fingerprint density at radius 1 is 1.32 bits per heavy atom. The molecule has 0 radical (unpaired) electrons. The minimum atomic E-state index is -0.282. The number of halogens is 1. The summed E-state index contributed by atoms with van der Waals surface area (Å²) in [5, 5.41) is 6.68. The van der Waals surface area contributed by atoms with E-state index in [1.807, 2.05) is 13.8 Å². The molecule has 0 atom stereocenters. The molecule has 0 saturated heterocycles. The predicted octanol–water partition coefficient (Wildman–Crippen LogP) is 2.97. The molecule has 2 rings (SSSR count). The molecule has 0 aliphatic heterocycles. The lowest BCUT2D eigenvalue weighted by Gasteiger charge is -2.04. The lowest BCUT2D eigenvalue weighted by Crippen LogP contribution is -2.22. The van der Waals surface area contributed by atoms with Crippen molar-refractivity contribution < 1.29 is 13.7 Å². The zero-order valence-corrected chi connectivity index (χ0v) is 12.8. The lowest BCUT2D eigenvalue weighted by atomic mass is 10.2. The van der Waals surface area contributed by atoms with Crippen LogP contribution in [-0.2, 0) is 17.8 Å². The van der Waals surface area contributed by atoms with Gasteiger partial charge in [0.15, 0.2) is 5.82 Å². The second-order valence-corrected chi connectivity index (χ2v) is 5.46. The summed E-state index contributed by atoms with van der Waals surface area (Å²) in [6, 6.07) is 6.07. The Hall–Kier alpha value is -2.24. The van der Waals surface area contributed by atoms with Crippen molar-refractivity contribution in [3.63, 3.8) is 0 Å². The number of aryl methyl sites for hydroxylation is 1. The summed E-state index contributed by atoms with van der Waals surface area (Å²) in [6.45, 7) is 4.40. The van der Waals surface area contributed by atoms with Crippen molar-refractivity contribution in [2.75, 3.05) is 0 Å². The Kier molecular flexibility index (Phi) is 5.63. The van der Waals surface area contributed by atoms with E-state index in [2.05, 4.69) is 15.5 Å². The Labute approximate surface area is 128 Å². The SMILES string of the molecule is CC(C)c1noc(CCCC(=O)NCc2ccc(F)cc2)n1. The van der Waals surface area contributed by atoms with Crippen molar-refractivity contribution >= 4 is 5.91 Å². The number of nitrogens with one attached hydrogen (secondary N) is 1. The first-order valence-corrected chi connectivity index (χ1v) is 7.38. The molecule has 0 bridgehead atoms. The third kappa shape index (κ3) is 4.95. The van der Waals surface area contributed by atoms with Crippen LogP contribution in [-0.4, -0.2) is 16.0 Å². The molecule has 22 heavy (non-hydrogen) atoms. The third-order valence-electron chi connectivity index (χ3n) is 3.20. The number of carbonyl (C=O) groups excluding carboxylic acids is 1. The Bertz CT molecular complexity index is 608. The summed E-state index contributed by atoms with van der Waals surface area (Å²) < 4.78 is 17.9. The molecule has 1 heterocycles. The minimum absolute atomic E-state index is 0.0482. The van der Waals surface area contributed by atoms with Crippen LogP contribution in [0, 0.1) is 5.82 Å². The van der Waals surface area contributed by atoms with Crippen molar-refractivity contribution in [2.24, 2.45) is 0 Å². The van der Waals surface area contributed by atoms with Crippen LogP contribution in [0.2, 0.25) is 0 Å². The van der Waals surface area contributed by atoms with Gasteiger partial charge in [0.1, 0.15) is 5.82 Å². The normalized spacial score (nSPS) is 10.9. The molecule has 0 saturated carbocycles. The zero-order chi connectivity index (χ0) is 15.9. The predicted molar refractivity (Wildman–Crippen MR) is 79.6 cm³/mol. The van der Waals surface area contributed by atoms with E-state index in [9.17, 15) is 9.18 Å². The van der Waals surface area contributed by atoms with Gasteiger partial charge < -0.3 is 9.84 Å². The van der Waals surface area contributed by atoms with Gasteiger partial charge in [-0.15, -0.1) is 0 Å². The summed E-state index contributed by atoms with van der Waals surface area (Å²) in [6.07, 6.45) is 1.62. The monoisotopic (exact) mass is 305 g/mol. The number of aromatic nitrogens is 2. The van der Waals surface area contributed by atoms with Crippen LogP contribution in [0.3, 0.4) is 0 Å². The van der Waals surface area contributed by atoms with Gasteiger partial charge in [-0.2, -0.15) is 4.98 Å². The molecule has 0 aliphatic carbocycles. The molecule has 118 valence electrons. The van der Waals surface area contributed by atoms with Crippen molar-refractivity contribution in [1.29, 1.82) is 0 Å². The van der Waals surface area contributed by atoms with Crippen molar-refractivity contribution in [3.05, 3.63) is 47.4 Å². The zero-order valence-electron chi connectivity index (χ0n) is 12.8. The lowest BCUT2D eigenvalue weighted by molar-refractivity contribution is -0.121. The highest BCUT2D eigenvalue weighted by Gasteiger charge is 2.10. The molecule has 5 nitrogen and oxygen atoms in total. The van der Waals surface area contributed by atoms with E-state index in [0.29, 0.717) is 37.5 Å². The van der Waals surface area contributed by atoms with E-state index < -0.39 is 0 Å². The molecule has 0 aliphatic rings. The summed E-state index contributed by atoms with van der Waals surface area (Å²) in [4.78, 5) is 16.0. The van der Waals surface area contributed by atoms with E-state index in [1.165, 1.54) is 12.1 Å². The molecule has 6 heteroatoms. The molecule has 0 unspecified atom stereocenters. The van der Waals surface area contributed by atoms with Crippen molar-refractivity contribution in [2.45, 2.75) is 45.6 Å². The highest BCUT2D eigenvalue weighted by atomic mass is 19.1. The van der Waals surface area contributed by atoms with Crippen LogP contribution in [0.25, 0.3) is 0 Å². The molecular weight excluding hydrogens is 285 g/mol. The van der Waals surface area contributed by atoms with Gasteiger partial charge in [0.05, 0.1) is 0 Å². The van der Waals surface area contributed by atoms with E-state index >= 15 is 0 Å². The third-order valence-corrected chi connectivity index (χ3v) is 3.20. The number of nitrogens with zero attached hydrogens (tertiary/aromatic N) is 2. The molecule has 1 aromatic heterocycles. The number of hydrogen-bond acceptors (Lipinski definition) is 4. The fourth-order valence-corrected chi connectivity index (χ4v) is 1.90.